The fourth-order valence-corrected chi connectivity index (χ4v) is 2.72. The zero-order valence-corrected chi connectivity index (χ0v) is 14.9. The van der Waals surface area contributed by atoms with E-state index in [4.69, 9.17) is 20.0 Å². The molecule has 26 heavy (non-hydrogen) atoms. The number of rotatable bonds is 8. The largest absolute Gasteiger partial charge is 0.493 e. The standard InChI is InChI=1S/C21H24N2O3/c1-15-20(23-21(26-15)17-5-3-2-4-6-17)11-12-25-19-9-7-16(8-10-19)13-18(22)14-24/h2-10,18,24H,11-14,22H2,1H3/t18-/m0/s1. The van der Waals surface area contributed by atoms with Crippen molar-refractivity contribution in [1.29, 1.82) is 0 Å². The van der Waals surface area contributed by atoms with Crippen LogP contribution in [0.2, 0.25) is 0 Å². The number of hydrogen-bond acceptors (Lipinski definition) is 5. The number of aliphatic hydroxyl groups excluding tert-OH is 1. The van der Waals surface area contributed by atoms with Crippen LogP contribution in [0.3, 0.4) is 0 Å². The van der Waals surface area contributed by atoms with Gasteiger partial charge >= 0.3 is 0 Å². The van der Waals surface area contributed by atoms with Gasteiger partial charge in [0.2, 0.25) is 5.89 Å². The van der Waals surface area contributed by atoms with Crippen molar-refractivity contribution in [3.05, 3.63) is 71.6 Å². The summed E-state index contributed by atoms with van der Waals surface area (Å²) in [6.45, 7) is 2.44. The number of aryl methyl sites for hydroxylation is 1. The summed E-state index contributed by atoms with van der Waals surface area (Å²) in [5, 5.41) is 9.01. The summed E-state index contributed by atoms with van der Waals surface area (Å²) in [6, 6.07) is 17.4. The Morgan fingerprint density at radius 2 is 1.85 bits per heavy atom. The van der Waals surface area contributed by atoms with E-state index in [-0.39, 0.29) is 12.6 Å². The van der Waals surface area contributed by atoms with Gasteiger partial charge in [-0.3, -0.25) is 0 Å². The number of nitrogens with zero attached hydrogens (tertiary/aromatic N) is 1. The van der Waals surface area contributed by atoms with Crippen LogP contribution in [0.15, 0.2) is 59.0 Å². The molecule has 0 amide bonds. The van der Waals surface area contributed by atoms with Crippen LogP contribution in [0.1, 0.15) is 17.0 Å². The number of aromatic nitrogens is 1. The van der Waals surface area contributed by atoms with E-state index in [2.05, 4.69) is 4.98 Å². The van der Waals surface area contributed by atoms with Gasteiger partial charge < -0.3 is 20.0 Å². The molecule has 5 heteroatoms. The minimum absolute atomic E-state index is 0.0136. The lowest BCUT2D eigenvalue weighted by Gasteiger charge is -2.09. The van der Waals surface area contributed by atoms with Crippen molar-refractivity contribution in [3.8, 4) is 17.2 Å². The molecule has 0 aliphatic carbocycles. The summed E-state index contributed by atoms with van der Waals surface area (Å²) in [5.41, 5.74) is 8.71. The van der Waals surface area contributed by atoms with E-state index in [1.54, 1.807) is 0 Å². The van der Waals surface area contributed by atoms with Crippen LogP contribution in [0, 0.1) is 6.92 Å². The molecular formula is C21H24N2O3. The van der Waals surface area contributed by atoms with Gasteiger partial charge in [-0.2, -0.15) is 0 Å². The van der Waals surface area contributed by atoms with Crippen molar-refractivity contribution in [2.24, 2.45) is 5.73 Å². The smallest absolute Gasteiger partial charge is 0.226 e. The van der Waals surface area contributed by atoms with Gasteiger partial charge in [-0.25, -0.2) is 4.98 Å². The Morgan fingerprint density at radius 1 is 1.12 bits per heavy atom. The van der Waals surface area contributed by atoms with Crippen LogP contribution in [0.25, 0.3) is 11.5 Å². The highest BCUT2D eigenvalue weighted by Gasteiger charge is 2.11. The van der Waals surface area contributed by atoms with E-state index in [0.29, 0.717) is 25.3 Å². The molecule has 1 aromatic heterocycles. The molecular weight excluding hydrogens is 328 g/mol. The Kier molecular flexibility index (Phi) is 6.04. The number of ether oxygens (including phenoxy) is 1. The first-order valence-corrected chi connectivity index (χ1v) is 8.75. The van der Waals surface area contributed by atoms with Crippen molar-refractivity contribution in [3.63, 3.8) is 0 Å². The minimum Gasteiger partial charge on any atom is -0.493 e. The summed E-state index contributed by atoms with van der Waals surface area (Å²) in [5.74, 6) is 2.26. The molecule has 3 rings (SSSR count). The first-order chi connectivity index (χ1) is 12.7. The second kappa shape index (κ2) is 8.65. The Balaban J connectivity index is 1.54. The van der Waals surface area contributed by atoms with E-state index in [1.807, 2.05) is 61.5 Å². The maximum absolute atomic E-state index is 9.01. The third-order valence-electron chi connectivity index (χ3n) is 4.18. The van der Waals surface area contributed by atoms with Crippen LogP contribution in [0.4, 0.5) is 0 Å². The Labute approximate surface area is 153 Å². The van der Waals surface area contributed by atoms with Crippen LogP contribution in [-0.2, 0) is 12.8 Å². The molecule has 0 bridgehead atoms. The number of hydrogen-bond donors (Lipinski definition) is 2. The summed E-state index contributed by atoms with van der Waals surface area (Å²) >= 11 is 0. The average Bonchev–Trinajstić information content (AvgIpc) is 3.04. The molecule has 0 aliphatic heterocycles. The summed E-state index contributed by atoms with van der Waals surface area (Å²) in [6.07, 6.45) is 1.33. The highest BCUT2D eigenvalue weighted by atomic mass is 16.5. The number of nitrogens with two attached hydrogens (primary N) is 1. The van der Waals surface area contributed by atoms with Crippen molar-refractivity contribution < 1.29 is 14.3 Å². The van der Waals surface area contributed by atoms with Crippen LogP contribution >= 0.6 is 0 Å². The second-order valence-electron chi connectivity index (χ2n) is 6.28. The Bertz CT molecular complexity index is 813. The van der Waals surface area contributed by atoms with Gasteiger partial charge in [-0.05, 0) is 43.2 Å². The number of benzene rings is 2. The van der Waals surface area contributed by atoms with Gasteiger partial charge in [0.1, 0.15) is 11.5 Å². The molecule has 0 saturated carbocycles. The zero-order valence-electron chi connectivity index (χ0n) is 14.9. The van der Waals surface area contributed by atoms with Crippen molar-refractivity contribution in [2.45, 2.75) is 25.8 Å². The number of oxazole rings is 1. The second-order valence-corrected chi connectivity index (χ2v) is 6.28. The zero-order chi connectivity index (χ0) is 18.4. The van der Waals surface area contributed by atoms with Gasteiger partial charge in [-0.1, -0.05) is 30.3 Å². The molecule has 0 unspecified atom stereocenters. The molecule has 136 valence electrons. The molecule has 5 nitrogen and oxygen atoms in total. The van der Waals surface area contributed by atoms with Crippen molar-refractivity contribution >= 4 is 0 Å². The fourth-order valence-electron chi connectivity index (χ4n) is 2.72. The van der Waals surface area contributed by atoms with Crippen LogP contribution in [0.5, 0.6) is 5.75 Å². The monoisotopic (exact) mass is 352 g/mol. The summed E-state index contributed by atoms with van der Waals surface area (Å²) in [7, 11) is 0. The molecule has 0 saturated heterocycles. The molecule has 0 radical (unpaired) electrons. The molecule has 2 aromatic carbocycles. The van der Waals surface area contributed by atoms with Crippen LogP contribution in [-0.4, -0.2) is 29.3 Å². The lowest BCUT2D eigenvalue weighted by molar-refractivity contribution is 0.265. The van der Waals surface area contributed by atoms with Crippen LogP contribution < -0.4 is 10.5 Å². The van der Waals surface area contributed by atoms with E-state index in [1.165, 1.54) is 0 Å². The minimum atomic E-state index is -0.226. The lowest BCUT2D eigenvalue weighted by Crippen LogP contribution is -2.26. The fraction of sp³-hybridized carbons (Fsp3) is 0.286. The van der Waals surface area contributed by atoms with E-state index < -0.39 is 0 Å². The average molecular weight is 352 g/mol. The topological polar surface area (TPSA) is 81.5 Å². The van der Waals surface area contributed by atoms with Gasteiger partial charge in [0.25, 0.3) is 0 Å². The van der Waals surface area contributed by atoms with E-state index >= 15 is 0 Å². The molecule has 3 aromatic rings. The van der Waals surface area contributed by atoms with Gasteiger partial charge in [0.05, 0.1) is 18.9 Å². The molecule has 0 fully saturated rings. The quantitative estimate of drug-likeness (QED) is 0.651. The van der Waals surface area contributed by atoms with Gasteiger partial charge in [-0.15, -0.1) is 0 Å². The predicted octanol–water partition coefficient (Wildman–Crippen LogP) is 3.13. The van der Waals surface area contributed by atoms with Gasteiger partial charge in [0.15, 0.2) is 0 Å². The van der Waals surface area contributed by atoms with Crippen molar-refractivity contribution in [2.75, 3.05) is 13.2 Å². The number of aliphatic hydroxyl groups is 1. The summed E-state index contributed by atoms with van der Waals surface area (Å²) in [4.78, 5) is 4.58. The Hall–Kier alpha value is -2.63. The normalized spacial score (nSPS) is 12.1. The van der Waals surface area contributed by atoms with E-state index in [0.717, 1.165) is 28.3 Å². The lowest BCUT2D eigenvalue weighted by atomic mass is 10.1. The summed E-state index contributed by atoms with van der Waals surface area (Å²) < 4.78 is 11.6. The SMILES string of the molecule is Cc1oc(-c2ccccc2)nc1CCOc1ccc(C[C@H](N)CO)cc1. The highest BCUT2D eigenvalue weighted by Crippen LogP contribution is 2.22. The molecule has 1 atom stereocenters. The van der Waals surface area contributed by atoms with Crippen molar-refractivity contribution in [1.82, 2.24) is 4.98 Å². The molecule has 3 N–H and O–H groups in total. The molecule has 0 aliphatic rings. The molecule has 0 spiro atoms. The van der Waals surface area contributed by atoms with E-state index in [9.17, 15) is 0 Å². The first kappa shape index (κ1) is 18.2. The maximum Gasteiger partial charge on any atom is 0.226 e. The molecule has 1 heterocycles. The third-order valence-corrected chi connectivity index (χ3v) is 4.18. The maximum atomic E-state index is 9.01. The highest BCUT2D eigenvalue weighted by molar-refractivity contribution is 5.53. The first-order valence-electron chi connectivity index (χ1n) is 8.75. The predicted molar refractivity (Wildman–Crippen MR) is 101 cm³/mol. The Morgan fingerprint density at radius 3 is 2.54 bits per heavy atom. The third kappa shape index (κ3) is 4.71. The van der Waals surface area contributed by atoms with Gasteiger partial charge in [0, 0.05) is 18.0 Å².